The van der Waals surface area contributed by atoms with E-state index in [4.69, 9.17) is 4.74 Å². The van der Waals surface area contributed by atoms with Crippen molar-refractivity contribution in [2.45, 2.75) is 79.0 Å². The molecule has 0 saturated heterocycles. The Bertz CT molecular complexity index is 860. The highest BCUT2D eigenvalue weighted by Crippen LogP contribution is 2.40. The Morgan fingerprint density at radius 2 is 1.79 bits per heavy atom. The van der Waals surface area contributed by atoms with Crippen molar-refractivity contribution in [3.05, 3.63) is 41.5 Å². The molecule has 3 rings (SSSR count). The molecule has 0 aromatic heterocycles. The Labute approximate surface area is 174 Å². The molecule has 0 heterocycles. The third-order valence-corrected chi connectivity index (χ3v) is 6.47. The van der Waals surface area contributed by atoms with Crippen LogP contribution in [0.1, 0.15) is 64.5 Å². The summed E-state index contributed by atoms with van der Waals surface area (Å²) in [5.74, 6) is 0.799. The van der Waals surface area contributed by atoms with Crippen LogP contribution in [-0.4, -0.2) is 23.2 Å². The van der Waals surface area contributed by atoms with Gasteiger partial charge >= 0.3 is 5.97 Å². The van der Waals surface area contributed by atoms with Crippen molar-refractivity contribution in [2.75, 3.05) is 0 Å². The third kappa shape index (κ3) is 5.11. The number of aliphatic carboxylic acids is 1. The molecular weight excluding hydrogens is 362 g/mol. The van der Waals surface area contributed by atoms with E-state index in [0.29, 0.717) is 12.0 Å². The summed E-state index contributed by atoms with van der Waals surface area (Å²) in [4.78, 5) is 11.3. The van der Waals surface area contributed by atoms with Gasteiger partial charge in [-0.1, -0.05) is 45.0 Å². The van der Waals surface area contributed by atoms with E-state index in [1.54, 1.807) is 6.92 Å². The van der Waals surface area contributed by atoms with E-state index in [0.717, 1.165) is 35.5 Å². The molecule has 0 bridgehead atoms. The van der Waals surface area contributed by atoms with Crippen LogP contribution in [0.2, 0.25) is 0 Å². The highest BCUT2D eigenvalue weighted by Gasteiger charge is 2.31. The monoisotopic (exact) mass is 397 g/mol. The fraction of sp³-hybridized carbons (Fsp3) is 0.560. The van der Waals surface area contributed by atoms with Gasteiger partial charge in [0.05, 0.1) is 6.10 Å². The molecule has 1 aliphatic rings. The van der Waals surface area contributed by atoms with Gasteiger partial charge in [-0.3, -0.25) is 4.79 Å². The van der Waals surface area contributed by atoms with E-state index >= 15 is 0 Å². The molecule has 4 nitrogen and oxygen atoms in total. The van der Waals surface area contributed by atoms with E-state index in [9.17, 15) is 9.90 Å². The predicted molar refractivity (Wildman–Crippen MR) is 118 cm³/mol. The van der Waals surface area contributed by atoms with Crippen molar-refractivity contribution < 1.29 is 14.6 Å². The van der Waals surface area contributed by atoms with Gasteiger partial charge in [0, 0.05) is 12.1 Å². The summed E-state index contributed by atoms with van der Waals surface area (Å²) in [6.07, 6.45) is 4.78. The Morgan fingerprint density at radius 1 is 1.17 bits per heavy atom. The minimum absolute atomic E-state index is 0.227. The van der Waals surface area contributed by atoms with E-state index in [2.05, 4.69) is 51.2 Å². The number of hydrogen-bond donors (Lipinski definition) is 2. The first-order valence-electron chi connectivity index (χ1n) is 10.8. The molecule has 0 amide bonds. The maximum Gasteiger partial charge on any atom is 0.320 e. The van der Waals surface area contributed by atoms with Crippen molar-refractivity contribution in [2.24, 2.45) is 11.3 Å². The van der Waals surface area contributed by atoms with Crippen LogP contribution in [0.25, 0.3) is 10.8 Å². The second-order valence-corrected chi connectivity index (χ2v) is 9.61. The Hall–Kier alpha value is -2.07. The van der Waals surface area contributed by atoms with Crippen molar-refractivity contribution in [3.8, 4) is 5.75 Å². The number of nitrogens with one attached hydrogen (secondary N) is 1. The van der Waals surface area contributed by atoms with Crippen LogP contribution in [0.5, 0.6) is 5.75 Å². The highest BCUT2D eigenvalue weighted by molar-refractivity contribution is 5.90. The summed E-state index contributed by atoms with van der Waals surface area (Å²) in [5, 5.41) is 14.7. The quantitative estimate of drug-likeness (QED) is 0.657. The zero-order chi connectivity index (χ0) is 21.2. The summed E-state index contributed by atoms with van der Waals surface area (Å²) in [6.45, 7) is 11.3. The Kier molecular flexibility index (Phi) is 6.52. The molecular formula is C25H35NO3. The van der Waals surface area contributed by atoms with Gasteiger partial charge in [-0.15, -0.1) is 0 Å². The third-order valence-electron chi connectivity index (χ3n) is 6.47. The van der Waals surface area contributed by atoms with Crippen LogP contribution >= 0.6 is 0 Å². The summed E-state index contributed by atoms with van der Waals surface area (Å²) < 4.78 is 6.54. The lowest BCUT2D eigenvalue weighted by molar-refractivity contribution is -0.139. The smallest absolute Gasteiger partial charge is 0.320 e. The number of carbonyl (C=O) groups is 1. The van der Waals surface area contributed by atoms with E-state index in [1.807, 2.05) is 12.1 Å². The number of rotatable bonds is 6. The number of aryl methyl sites for hydroxylation is 1. The summed E-state index contributed by atoms with van der Waals surface area (Å²) >= 11 is 0. The van der Waals surface area contributed by atoms with Gasteiger partial charge in [0.2, 0.25) is 0 Å². The lowest BCUT2D eigenvalue weighted by Crippen LogP contribution is -2.33. The molecule has 158 valence electrons. The minimum Gasteiger partial charge on any atom is -0.490 e. The van der Waals surface area contributed by atoms with Gasteiger partial charge in [-0.25, -0.2) is 0 Å². The lowest BCUT2D eigenvalue weighted by atomic mass is 9.72. The summed E-state index contributed by atoms with van der Waals surface area (Å²) in [5.41, 5.74) is 2.60. The standard InChI is InChI=1S/C25H35NO3/c1-16-14-23(29-19-12-10-18(11-13-19)25(3,4)5)22(15-26-17(2)24(27)28)21-9-7-6-8-20(16)21/h6-9,14,17-19,26H,10-13,15H2,1-5H3,(H,27,28). The van der Waals surface area contributed by atoms with Crippen molar-refractivity contribution in [1.82, 2.24) is 5.32 Å². The van der Waals surface area contributed by atoms with E-state index in [-0.39, 0.29) is 6.10 Å². The van der Waals surface area contributed by atoms with Crippen LogP contribution in [0.3, 0.4) is 0 Å². The fourth-order valence-corrected chi connectivity index (χ4v) is 4.44. The SMILES string of the molecule is Cc1cc(OC2CCC(C(C)(C)C)CC2)c(CNC(C)C(=O)O)c2ccccc12. The molecule has 1 saturated carbocycles. The number of hydrogen-bond acceptors (Lipinski definition) is 3. The van der Waals surface area contributed by atoms with Gasteiger partial charge in [-0.2, -0.15) is 0 Å². The molecule has 4 heteroatoms. The summed E-state index contributed by atoms with van der Waals surface area (Å²) in [7, 11) is 0. The first-order chi connectivity index (χ1) is 13.7. The molecule has 1 unspecified atom stereocenters. The molecule has 0 radical (unpaired) electrons. The molecule has 0 aliphatic heterocycles. The zero-order valence-electron chi connectivity index (χ0n) is 18.4. The molecule has 2 N–H and O–H groups in total. The Morgan fingerprint density at radius 3 is 2.38 bits per heavy atom. The minimum atomic E-state index is -0.843. The second kappa shape index (κ2) is 8.74. The molecule has 29 heavy (non-hydrogen) atoms. The summed E-state index contributed by atoms with van der Waals surface area (Å²) in [6, 6.07) is 9.82. The topological polar surface area (TPSA) is 58.6 Å². The van der Waals surface area contributed by atoms with Crippen LogP contribution in [-0.2, 0) is 11.3 Å². The average Bonchev–Trinajstić information content (AvgIpc) is 2.67. The fourth-order valence-electron chi connectivity index (χ4n) is 4.44. The largest absolute Gasteiger partial charge is 0.490 e. The number of fused-ring (bicyclic) bond motifs is 1. The first-order valence-corrected chi connectivity index (χ1v) is 10.8. The highest BCUT2D eigenvalue weighted by atomic mass is 16.5. The number of ether oxygens (including phenoxy) is 1. The van der Waals surface area contributed by atoms with Gasteiger partial charge in [0.25, 0.3) is 0 Å². The van der Waals surface area contributed by atoms with Gasteiger partial charge in [0.1, 0.15) is 11.8 Å². The maximum atomic E-state index is 11.3. The normalized spacial score (nSPS) is 21.1. The van der Waals surface area contributed by atoms with Crippen LogP contribution in [0, 0.1) is 18.3 Å². The van der Waals surface area contributed by atoms with E-state index in [1.165, 1.54) is 23.8 Å². The van der Waals surface area contributed by atoms with Crippen molar-refractivity contribution in [1.29, 1.82) is 0 Å². The van der Waals surface area contributed by atoms with Gasteiger partial charge in [-0.05, 0) is 73.3 Å². The zero-order valence-corrected chi connectivity index (χ0v) is 18.4. The van der Waals surface area contributed by atoms with Gasteiger partial charge in [0.15, 0.2) is 0 Å². The number of carboxylic acids is 1. The Balaban J connectivity index is 1.85. The number of carboxylic acid groups (broad SMARTS) is 1. The molecule has 2 aromatic carbocycles. The molecule has 0 spiro atoms. The van der Waals surface area contributed by atoms with Crippen LogP contribution in [0.15, 0.2) is 30.3 Å². The van der Waals surface area contributed by atoms with Crippen molar-refractivity contribution >= 4 is 16.7 Å². The van der Waals surface area contributed by atoms with Gasteiger partial charge < -0.3 is 15.2 Å². The molecule has 1 aliphatic carbocycles. The predicted octanol–water partition coefficient (Wildman–Crippen LogP) is 5.69. The maximum absolute atomic E-state index is 11.3. The lowest BCUT2D eigenvalue weighted by Gasteiger charge is -2.37. The van der Waals surface area contributed by atoms with Crippen molar-refractivity contribution in [3.63, 3.8) is 0 Å². The average molecular weight is 398 g/mol. The second-order valence-electron chi connectivity index (χ2n) is 9.61. The molecule has 1 fully saturated rings. The molecule has 1 atom stereocenters. The van der Waals surface area contributed by atoms with E-state index < -0.39 is 12.0 Å². The molecule has 2 aromatic rings. The van der Waals surface area contributed by atoms with Crippen LogP contribution < -0.4 is 10.1 Å². The number of benzene rings is 2. The first kappa shape index (κ1) is 21.6. The van der Waals surface area contributed by atoms with Crippen LogP contribution in [0.4, 0.5) is 0 Å².